The van der Waals surface area contributed by atoms with Gasteiger partial charge in [-0.1, -0.05) is 18.2 Å². The molecule has 12 aliphatic rings. The summed E-state index contributed by atoms with van der Waals surface area (Å²) in [6.07, 6.45) is 22.6. The van der Waals surface area contributed by atoms with E-state index < -0.39 is 0 Å². The fourth-order valence-corrected chi connectivity index (χ4v) is 19.6. The van der Waals surface area contributed by atoms with Gasteiger partial charge in [-0.15, -0.1) is 0 Å². The van der Waals surface area contributed by atoms with Crippen molar-refractivity contribution in [2.45, 2.75) is 248 Å². The standard InChI is InChI=1S/C26H40N2O2.C26H39NO2.C25H38N2O2/c1-18-13-24(25(20(3)19(18)2)22-7-11-29-12-8-22)21-5-9-28(10-6-21)23-14-26(30-15-23)16-27(4)17-26;1-18-15-24(25(20(3)19(18)2)22-7-13-28-14-8-22)21-5-11-27(12-6-21)23-16-26(29-17-23)9-4-10-26;1-17-12-23(24(19(3)18(17)2)21-6-10-28-11-7-21)20-4-8-27(9-5-20)22-13-25(29-14-22)15-26-16-25/h13,21-23H,5-12,14-17H2,1-4H3;15,21-23H,4-14,16-17H2,1-3H3;12,20-22,26H,4-11,13-16H2,1-3H3/t2*23-;22-/m000/s1. The summed E-state index contributed by atoms with van der Waals surface area (Å²) < 4.78 is 35.7. The summed E-state index contributed by atoms with van der Waals surface area (Å²) in [5.74, 6) is 4.21. The molecule has 3 atom stereocenters. The molecule has 0 aromatic heterocycles. The quantitative estimate of drug-likeness (QED) is 0.223. The van der Waals surface area contributed by atoms with E-state index in [-0.39, 0.29) is 16.8 Å². The zero-order valence-electron chi connectivity index (χ0n) is 56.8. The van der Waals surface area contributed by atoms with Crippen molar-refractivity contribution in [1.82, 2.24) is 24.9 Å². The van der Waals surface area contributed by atoms with Crippen LogP contribution in [0.25, 0.3) is 0 Å². The van der Waals surface area contributed by atoms with Crippen LogP contribution >= 0.6 is 0 Å². The minimum Gasteiger partial charge on any atom is -0.381 e. The Morgan fingerprint density at radius 2 is 0.682 bits per heavy atom. The molecule has 1 N–H and O–H groups in total. The summed E-state index contributed by atoms with van der Waals surface area (Å²) >= 11 is 0. The van der Waals surface area contributed by atoms with Crippen LogP contribution in [-0.4, -0.2) is 186 Å². The van der Waals surface area contributed by atoms with Gasteiger partial charge in [0.05, 0.1) is 36.6 Å². The first-order valence-electron chi connectivity index (χ1n) is 36.2. The molecule has 0 radical (unpaired) electrons. The monoisotopic (exact) mass is 1210 g/mol. The number of likely N-dealkylation sites (N-methyl/N-ethyl adjacent to an activating group) is 1. The van der Waals surface area contributed by atoms with Crippen LogP contribution in [0.2, 0.25) is 0 Å². The molecule has 12 fully saturated rings. The highest BCUT2D eigenvalue weighted by Gasteiger charge is 2.51. The Kier molecular flexibility index (Phi) is 19.8. The fourth-order valence-electron chi connectivity index (χ4n) is 19.6. The second-order valence-electron chi connectivity index (χ2n) is 31.1. The summed E-state index contributed by atoms with van der Waals surface area (Å²) in [6.45, 7) is 41.1. The summed E-state index contributed by atoms with van der Waals surface area (Å²) in [7, 11) is 2.20. The lowest BCUT2D eigenvalue weighted by molar-refractivity contribution is -0.100. The van der Waals surface area contributed by atoms with Crippen molar-refractivity contribution in [3.8, 4) is 0 Å². The number of likely N-dealkylation sites (tertiary alicyclic amines) is 4. The van der Waals surface area contributed by atoms with E-state index in [1.165, 1.54) is 188 Å². The van der Waals surface area contributed by atoms with Crippen LogP contribution in [-0.2, 0) is 28.4 Å². The first-order valence-corrected chi connectivity index (χ1v) is 36.2. The van der Waals surface area contributed by atoms with Crippen molar-refractivity contribution in [2.24, 2.45) is 0 Å². The molecule has 1 saturated carbocycles. The van der Waals surface area contributed by atoms with Crippen LogP contribution in [0.1, 0.15) is 235 Å². The van der Waals surface area contributed by atoms with Crippen LogP contribution < -0.4 is 5.32 Å². The molecule has 3 aromatic carbocycles. The number of hydrogen-bond donors (Lipinski definition) is 1. The van der Waals surface area contributed by atoms with E-state index in [1.807, 2.05) is 0 Å². The molecular formula is C77H117N5O6. The van der Waals surface area contributed by atoms with Gasteiger partial charge in [-0.25, -0.2) is 0 Å². The number of nitrogens with zero attached hydrogens (tertiary/aromatic N) is 4. The van der Waals surface area contributed by atoms with Gasteiger partial charge in [-0.2, -0.15) is 0 Å². The van der Waals surface area contributed by atoms with Crippen molar-refractivity contribution in [1.29, 1.82) is 0 Å². The van der Waals surface area contributed by atoms with E-state index in [4.69, 9.17) is 28.4 Å². The minimum atomic E-state index is 0.170. The van der Waals surface area contributed by atoms with Crippen LogP contribution in [0.15, 0.2) is 18.2 Å². The normalized spacial score (nSPS) is 28.8. The number of aryl methyl sites for hydroxylation is 3. The Hall–Kier alpha value is -2.78. The van der Waals surface area contributed by atoms with Gasteiger partial charge in [-0.3, -0.25) is 14.7 Å². The lowest BCUT2D eigenvalue weighted by atomic mass is 9.75. The average Bonchev–Trinajstić information content (AvgIpc) is 2.61. The first kappa shape index (κ1) is 64.0. The Morgan fingerprint density at radius 1 is 0.375 bits per heavy atom. The lowest BCUT2D eigenvalue weighted by Gasteiger charge is -2.45. The zero-order chi connectivity index (χ0) is 60.9. The molecule has 11 saturated heterocycles. The molecule has 11 heterocycles. The van der Waals surface area contributed by atoms with Crippen molar-refractivity contribution >= 4 is 0 Å². The Bertz CT molecular complexity index is 2740. The highest BCUT2D eigenvalue weighted by Crippen LogP contribution is 2.48. The maximum absolute atomic E-state index is 6.27. The second-order valence-corrected chi connectivity index (χ2v) is 31.1. The van der Waals surface area contributed by atoms with Gasteiger partial charge >= 0.3 is 0 Å². The summed E-state index contributed by atoms with van der Waals surface area (Å²) in [4.78, 5) is 10.6. The molecule has 11 heteroatoms. The SMILES string of the molecule is Cc1cc(C2CCN([C@@H]3COC4(C3)CN(C)C4)CC2)c(C2CCOCC2)c(C)c1C.Cc1cc(C2CCN([C@@H]3COC4(CCC4)C3)CC2)c(C2CCOCC2)c(C)c1C.Cc1cc(C2CCN([C@@H]3COC4(CNC4)C3)CC2)c(C2CCOCC2)c(C)c1C. The van der Waals surface area contributed by atoms with E-state index in [0.717, 1.165) is 91.6 Å². The molecule has 11 nitrogen and oxygen atoms in total. The molecule has 0 unspecified atom stereocenters. The van der Waals surface area contributed by atoms with Crippen molar-refractivity contribution in [2.75, 3.05) is 132 Å². The summed E-state index contributed by atoms with van der Waals surface area (Å²) in [5.41, 5.74) is 24.3. The number of hydrogen-bond acceptors (Lipinski definition) is 11. The zero-order valence-corrected chi connectivity index (χ0v) is 56.8. The third-order valence-corrected chi connectivity index (χ3v) is 25.9. The number of rotatable bonds is 9. The van der Waals surface area contributed by atoms with Crippen LogP contribution in [0.4, 0.5) is 0 Å². The van der Waals surface area contributed by atoms with Crippen LogP contribution in [0, 0.1) is 62.3 Å². The van der Waals surface area contributed by atoms with Gasteiger partial charge in [-0.05, 0) is 343 Å². The molecule has 15 rings (SSSR count). The van der Waals surface area contributed by atoms with Crippen molar-refractivity contribution in [3.05, 3.63) is 102 Å². The van der Waals surface area contributed by atoms with Gasteiger partial charge in [0.15, 0.2) is 0 Å². The fraction of sp³-hybridized carbons (Fsp3) is 0.766. The van der Waals surface area contributed by atoms with E-state index in [0.29, 0.717) is 47.7 Å². The number of ether oxygens (including phenoxy) is 6. The Labute approximate surface area is 532 Å². The molecular weight excluding hydrogens is 1090 g/mol. The molecule has 3 spiro atoms. The van der Waals surface area contributed by atoms with Gasteiger partial charge < -0.3 is 38.6 Å². The van der Waals surface area contributed by atoms with E-state index >= 15 is 0 Å². The predicted molar refractivity (Wildman–Crippen MR) is 356 cm³/mol. The van der Waals surface area contributed by atoms with Gasteiger partial charge in [0.2, 0.25) is 0 Å². The minimum absolute atomic E-state index is 0.170. The topological polar surface area (TPSA) is 80.4 Å². The highest BCUT2D eigenvalue weighted by molar-refractivity contribution is 5.51. The van der Waals surface area contributed by atoms with E-state index in [1.54, 1.807) is 50.1 Å². The van der Waals surface area contributed by atoms with Gasteiger partial charge in [0.25, 0.3) is 0 Å². The smallest absolute Gasteiger partial charge is 0.0951 e. The van der Waals surface area contributed by atoms with E-state index in [2.05, 4.69) is 112 Å². The number of piperidine rings is 3. The predicted octanol–water partition coefficient (Wildman–Crippen LogP) is 13.4. The molecule has 3 aromatic rings. The average molecular weight is 1210 g/mol. The van der Waals surface area contributed by atoms with E-state index in [9.17, 15) is 0 Å². The molecule has 0 amide bonds. The summed E-state index contributed by atoms with van der Waals surface area (Å²) in [6, 6.07) is 9.58. The second kappa shape index (κ2) is 27.3. The Morgan fingerprint density at radius 3 is 0.955 bits per heavy atom. The van der Waals surface area contributed by atoms with Crippen LogP contribution in [0.3, 0.4) is 0 Å². The molecule has 88 heavy (non-hydrogen) atoms. The summed E-state index contributed by atoms with van der Waals surface area (Å²) in [5, 5.41) is 3.40. The lowest BCUT2D eigenvalue weighted by Crippen LogP contribution is -2.60. The van der Waals surface area contributed by atoms with Gasteiger partial charge in [0.1, 0.15) is 0 Å². The van der Waals surface area contributed by atoms with Crippen LogP contribution in [0.5, 0.6) is 0 Å². The Balaban J connectivity index is 0.000000122. The molecule has 0 bridgehead atoms. The first-order chi connectivity index (χ1) is 42.6. The third-order valence-electron chi connectivity index (χ3n) is 25.9. The maximum atomic E-state index is 6.27. The molecule has 11 aliphatic heterocycles. The number of nitrogens with one attached hydrogen (secondary N) is 1. The highest BCUT2D eigenvalue weighted by atomic mass is 16.5. The maximum Gasteiger partial charge on any atom is 0.0951 e. The third kappa shape index (κ3) is 13.2. The largest absolute Gasteiger partial charge is 0.381 e. The molecule has 486 valence electrons. The number of benzene rings is 3. The van der Waals surface area contributed by atoms with Crippen molar-refractivity contribution in [3.63, 3.8) is 0 Å². The molecule has 1 aliphatic carbocycles. The van der Waals surface area contributed by atoms with Crippen molar-refractivity contribution < 1.29 is 28.4 Å². The van der Waals surface area contributed by atoms with Gasteiger partial charge in [0, 0.05) is 83.9 Å².